The molecule has 0 saturated carbocycles. The van der Waals surface area contributed by atoms with Crippen LogP contribution in [0, 0.1) is 11.8 Å². The highest BCUT2D eigenvalue weighted by Crippen LogP contribution is 2.15. The van der Waals surface area contributed by atoms with Gasteiger partial charge in [0.2, 0.25) is 0 Å². The van der Waals surface area contributed by atoms with Crippen molar-refractivity contribution in [3.05, 3.63) is 35.9 Å². The van der Waals surface area contributed by atoms with Crippen molar-refractivity contribution in [2.24, 2.45) is 11.8 Å². The van der Waals surface area contributed by atoms with Crippen molar-refractivity contribution < 1.29 is 28.8 Å². The average Bonchev–Trinajstić information content (AvgIpc) is 2.75. The molecule has 0 aliphatic heterocycles. The van der Waals surface area contributed by atoms with Crippen LogP contribution in [0.1, 0.15) is 73.3 Å². The summed E-state index contributed by atoms with van der Waals surface area (Å²) in [5.74, 6) is -0.930. The highest BCUT2D eigenvalue weighted by molar-refractivity contribution is 7.82. The number of hydrogen-bond donors (Lipinski definition) is 1. The number of benzene rings is 1. The van der Waals surface area contributed by atoms with E-state index in [0.717, 1.165) is 5.56 Å². The molecule has 0 heterocycles. The summed E-state index contributed by atoms with van der Waals surface area (Å²) in [5, 5.41) is -0.400. The largest absolute Gasteiger partial charge is 0.300 e. The molecule has 1 aromatic carbocycles. The van der Waals surface area contributed by atoms with Crippen LogP contribution in [-0.4, -0.2) is 49.7 Å². The minimum absolute atomic E-state index is 0.00481. The van der Waals surface area contributed by atoms with Crippen LogP contribution in [0.4, 0.5) is 0 Å². The van der Waals surface area contributed by atoms with Crippen LogP contribution in [0.25, 0.3) is 0 Å². The van der Waals surface area contributed by atoms with Crippen LogP contribution < -0.4 is 0 Å². The van der Waals surface area contributed by atoms with Gasteiger partial charge in [-0.15, -0.1) is 0 Å². The summed E-state index contributed by atoms with van der Waals surface area (Å²) < 4.78 is 0. The van der Waals surface area contributed by atoms with Crippen molar-refractivity contribution in [3.8, 4) is 0 Å². The Morgan fingerprint density at radius 1 is 0.639 bits per heavy atom. The molecule has 1 rings (SSSR count). The first-order valence-corrected chi connectivity index (χ1v) is 12.6. The fourth-order valence-corrected chi connectivity index (χ4v) is 3.68. The van der Waals surface area contributed by atoms with Gasteiger partial charge in [-0.25, -0.2) is 0 Å². The van der Waals surface area contributed by atoms with Gasteiger partial charge in [0.05, 0.1) is 17.1 Å². The maximum Gasteiger partial charge on any atom is 0.142 e. The Morgan fingerprint density at radius 2 is 1.03 bits per heavy atom. The predicted octanol–water partition coefficient (Wildman–Crippen LogP) is 5.00. The minimum atomic E-state index is -0.463. The van der Waals surface area contributed by atoms with Crippen molar-refractivity contribution in [1.82, 2.24) is 0 Å². The lowest BCUT2D eigenvalue weighted by atomic mass is 9.91. The van der Waals surface area contributed by atoms with Gasteiger partial charge in [-0.2, -0.15) is 12.6 Å². The summed E-state index contributed by atoms with van der Waals surface area (Å²) in [6, 6.07) is 9.34. The molecule has 0 N–H and O–H groups in total. The second-order valence-electron chi connectivity index (χ2n) is 8.51. The highest BCUT2D eigenvalue weighted by Gasteiger charge is 2.22. The molecule has 0 amide bonds. The van der Waals surface area contributed by atoms with Gasteiger partial charge in [-0.05, 0) is 54.0 Å². The molecule has 3 atom stereocenters. The van der Waals surface area contributed by atoms with E-state index in [1.807, 2.05) is 30.3 Å². The Morgan fingerprint density at radius 3 is 1.28 bits per heavy atom. The van der Waals surface area contributed by atoms with Gasteiger partial charge in [0.25, 0.3) is 0 Å². The lowest BCUT2D eigenvalue weighted by molar-refractivity contribution is -0.123. The molecular weight excluding hydrogens is 516 g/mol. The average molecular weight is 553 g/mol. The molecule has 1 aromatic rings. The third-order valence-corrected chi connectivity index (χ3v) is 6.13. The Balaban J connectivity index is 0. The van der Waals surface area contributed by atoms with Gasteiger partial charge >= 0.3 is 0 Å². The Labute approximate surface area is 230 Å². The number of carbonyl (C=O) groups is 6. The smallest absolute Gasteiger partial charge is 0.142 e. The maximum atomic E-state index is 11.5. The van der Waals surface area contributed by atoms with Crippen LogP contribution in [-0.2, 0) is 28.8 Å². The molecule has 0 aliphatic carbocycles. The number of ketones is 6. The zero-order valence-electron chi connectivity index (χ0n) is 22.0. The van der Waals surface area contributed by atoms with E-state index < -0.39 is 11.2 Å². The van der Waals surface area contributed by atoms with Gasteiger partial charge in [-0.1, -0.05) is 54.8 Å². The van der Waals surface area contributed by atoms with Crippen LogP contribution in [0.3, 0.4) is 0 Å². The molecule has 0 radical (unpaired) electrons. The van der Waals surface area contributed by atoms with Crippen molar-refractivity contribution >= 4 is 81.5 Å². The highest BCUT2D eigenvalue weighted by atomic mass is 32.1. The Kier molecular flexibility index (Phi) is 18.9. The molecular formula is C27H36O6S3. The van der Waals surface area contributed by atoms with E-state index in [0.29, 0.717) is 9.73 Å². The lowest BCUT2D eigenvalue weighted by Gasteiger charge is -2.13. The van der Waals surface area contributed by atoms with E-state index >= 15 is 0 Å². The molecule has 0 fully saturated rings. The van der Waals surface area contributed by atoms with Gasteiger partial charge in [0.1, 0.15) is 34.7 Å². The number of Topliss-reactive ketones (excluding diaryl/α,β-unsaturated/α-hetero) is 6. The Bertz CT molecular complexity index is 955. The normalized spacial score (nSPS) is 12.2. The zero-order chi connectivity index (χ0) is 28.6. The van der Waals surface area contributed by atoms with E-state index in [-0.39, 0.29) is 59.9 Å². The molecule has 0 aliphatic rings. The lowest BCUT2D eigenvalue weighted by Crippen LogP contribution is -2.23. The Hall–Kier alpha value is -2.23. The molecule has 3 unspecified atom stereocenters. The van der Waals surface area contributed by atoms with Gasteiger partial charge < -0.3 is 0 Å². The van der Waals surface area contributed by atoms with E-state index in [1.165, 1.54) is 41.5 Å². The quantitative estimate of drug-likeness (QED) is 0.220. The van der Waals surface area contributed by atoms with E-state index in [9.17, 15) is 28.8 Å². The predicted molar refractivity (Wildman–Crippen MR) is 154 cm³/mol. The van der Waals surface area contributed by atoms with Gasteiger partial charge in [0.15, 0.2) is 0 Å². The van der Waals surface area contributed by atoms with Crippen molar-refractivity contribution in [2.45, 2.75) is 73.0 Å². The molecule has 9 heteroatoms. The summed E-state index contributed by atoms with van der Waals surface area (Å²) in [6.45, 7) is 10.5. The number of rotatable bonds is 12. The van der Waals surface area contributed by atoms with Crippen LogP contribution in [0.2, 0.25) is 0 Å². The SMILES string of the molecule is CC(=O)CC(C(C)=O)C(=S)c1ccccc1.CC(=O)CC(C(C)=O)C(C)=S.CC(=O)CC(S)C(C)=O. The monoisotopic (exact) mass is 552 g/mol. The molecule has 0 spiro atoms. The molecule has 0 aromatic heterocycles. The van der Waals surface area contributed by atoms with E-state index in [2.05, 4.69) is 12.6 Å². The van der Waals surface area contributed by atoms with Crippen molar-refractivity contribution in [1.29, 1.82) is 0 Å². The summed E-state index contributed by atoms with van der Waals surface area (Å²) in [4.78, 5) is 66.0. The van der Waals surface area contributed by atoms with Crippen LogP contribution in [0.5, 0.6) is 0 Å². The molecule has 6 nitrogen and oxygen atoms in total. The number of hydrogen-bond acceptors (Lipinski definition) is 9. The fourth-order valence-electron chi connectivity index (χ4n) is 2.79. The molecule has 198 valence electrons. The maximum absolute atomic E-state index is 11.5. The number of thiol groups is 1. The van der Waals surface area contributed by atoms with E-state index in [4.69, 9.17) is 24.4 Å². The summed E-state index contributed by atoms with van der Waals surface area (Å²) in [7, 11) is 0. The third-order valence-electron chi connectivity index (χ3n) is 4.78. The first kappa shape index (κ1) is 35.9. The number of thiocarbonyl (C=S) groups is 2. The first-order valence-electron chi connectivity index (χ1n) is 11.3. The summed E-state index contributed by atoms with van der Waals surface area (Å²) >= 11 is 14.0. The third kappa shape index (κ3) is 17.2. The molecule has 0 saturated heterocycles. The van der Waals surface area contributed by atoms with Crippen LogP contribution in [0.15, 0.2) is 30.3 Å². The summed E-state index contributed by atoms with van der Waals surface area (Å²) in [6.07, 6.45) is 0.701. The summed E-state index contributed by atoms with van der Waals surface area (Å²) in [5.41, 5.74) is 0.846. The minimum Gasteiger partial charge on any atom is -0.300 e. The fraction of sp³-hybridized carbons (Fsp3) is 0.481. The molecule has 36 heavy (non-hydrogen) atoms. The zero-order valence-corrected chi connectivity index (χ0v) is 24.5. The molecule has 0 bridgehead atoms. The number of carbonyl (C=O) groups excluding carboxylic acids is 6. The van der Waals surface area contributed by atoms with Gasteiger partial charge in [0, 0.05) is 29.0 Å². The standard InChI is InChI=1S/C13H14O2S.C8H12O2S.C6H10O2S/c1-9(14)8-12(10(2)15)13(16)11-6-4-3-5-7-11;1-5(9)4-8(6(2)10)7(3)11;1-4(7)3-6(9)5(2)8/h3-7,12H,8H2,1-2H3;8H,4H2,1-3H3;6,9H,3H2,1-2H3. The second kappa shape index (κ2) is 19.0. The first-order chi connectivity index (χ1) is 16.5. The van der Waals surface area contributed by atoms with Crippen molar-refractivity contribution in [2.75, 3.05) is 0 Å². The second-order valence-corrected chi connectivity index (χ2v) is 10.2. The van der Waals surface area contributed by atoms with Crippen molar-refractivity contribution in [3.63, 3.8) is 0 Å². The van der Waals surface area contributed by atoms with E-state index in [1.54, 1.807) is 6.92 Å². The topological polar surface area (TPSA) is 102 Å². The van der Waals surface area contributed by atoms with Crippen LogP contribution >= 0.6 is 37.1 Å². The van der Waals surface area contributed by atoms with Gasteiger partial charge in [-0.3, -0.25) is 28.8 Å².